The van der Waals surface area contributed by atoms with Gasteiger partial charge in [0.25, 0.3) is 0 Å². The summed E-state index contributed by atoms with van der Waals surface area (Å²) in [5.74, 6) is 1.35. The zero-order valence-corrected chi connectivity index (χ0v) is 10.8. The smallest absolute Gasteiger partial charge is 0.166 e. The van der Waals surface area contributed by atoms with E-state index in [-0.39, 0.29) is 0 Å². The number of benzene rings is 1. The molecule has 0 saturated heterocycles. The maximum Gasteiger partial charge on any atom is 0.166 e. The van der Waals surface area contributed by atoms with E-state index in [9.17, 15) is 5.11 Å². The quantitative estimate of drug-likeness (QED) is 0.823. The van der Waals surface area contributed by atoms with Crippen molar-refractivity contribution in [3.8, 4) is 11.5 Å². The van der Waals surface area contributed by atoms with Crippen molar-refractivity contribution in [2.45, 2.75) is 26.1 Å². The molecule has 0 heterocycles. The van der Waals surface area contributed by atoms with Crippen LogP contribution in [0.1, 0.15) is 18.1 Å². The molecule has 0 radical (unpaired) electrons. The Bertz CT molecular complexity index is 361. The van der Waals surface area contributed by atoms with Gasteiger partial charge in [0.15, 0.2) is 11.5 Å². The highest BCUT2D eigenvalue weighted by molar-refractivity contribution is 5.50. The summed E-state index contributed by atoms with van der Waals surface area (Å²) in [6, 6.07) is 3.78. The summed E-state index contributed by atoms with van der Waals surface area (Å²) < 4.78 is 15.8. The fourth-order valence-electron chi connectivity index (χ4n) is 1.84. The van der Waals surface area contributed by atoms with Gasteiger partial charge in [0.2, 0.25) is 0 Å². The third kappa shape index (κ3) is 3.35. The standard InChI is InChI=1S/C13H20O4/c1-9(14)7-10-5-6-12(16-3)13(17-4)11(10)8-15-2/h5-6,9,14H,7-8H2,1-4H3. The number of ether oxygens (including phenoxy) is 3. The first-order valence-corrected chi connectivity index (χ1v) is 5.53. The van der Waals surface area contributed by atoms with Gasteiger partial charge in [0.05, 0.1) is 26.9 Å². The predicted molar refractivity (Wildman–Crippen MR) is 65.6 cm³/mol. The average molecular weight is 240 g/mol. The normalized spacial score (nSPS) is 12.3. The van der Waals surface area contributed by atoms with E-state index < -0.39 is 6.10 Å². The van der Waals surface area contributed by atoms with Crippen molar-refractivity contribution >= 4 is 0 Å². The van der Waals surface area contributed by atoms with Crippen molar-refractivity contribution in [1.82, 2.24) is 0 Å². The number of aliphatic hydroxyl groups excluding tert-OH is 1. The highest BCUT2D eigenvalue weighted by atomic mass is 16.5. The average Bonchev–Trinajstić information content (AvgIpc) is 2.30. The van der Waals surface area contributed by atoms with E-state index in [1.165, 1.54) is 0 Å². The van der Waals surface area contributed by atoms with Crippen molar-refractivity contribution in [1.29, 1.82) is 0 Å². The molecule has 0 fully saturated rings. The maximum absolute atomic E-state index is 9.48. The van der Waals surface area contributed by atoms with E-state index in [0.717, 1.165) is 11.1 Å². The van der Waals surface area contributed by atoms with Crippen LogP contribution in [-0.4, -0.2) is 32.5 Å². The molecule has 1 unspecified atom stereocenters. The van der Waals surface area contributed by atoms with Crippen LogP contribution in [0.25, 0.3) is 0 Å². The van der Waals surface area contributed by atoms with Gasteiger partial charge in [-0.05, 0) is 25.0 Å². The minimum atomic E-state index is -0.399. The Morgan fingerprint density at radius 2 is 1.88 bits per heavy atom. The summed E-state index contributed by atoms with van der Waals surface area (Å²) in [7, 11) is 4.83. The highest BCUT2D eigenvalue weighted by Crippen LogP contribution is 2.34. The molecule has 1 atom stereocenters. The molecule has 4 nitrogen and oxygen atoms in total. The predicted octanol–water partition coefficient (Wildman–Crippen LogP) is 1.77. The van der Waals surface area contributed by atoms with Crippen molar-refractivity contribution in [2.75, 3.05) is 21.3 Å². The minimum Gasteiger partial charge on any atom is -0.493 e. The van der Waals surface area contributed by atoms with Gasteiger partial charge in [-0.15, -0.1) is 0 Å². The van der Waals surface area contributed by atoms with Gasteiger partial charge < -0.3 is 19.3 Å². The lowest BCUT2D eigenvalue weighted by Crippen LogP contribution is -2.09. The molecule has 0 aromatic heterocycles. The number of methoxy groups -OCH3 is 3. The molecule has 0 spiro atoms. The Labute approximate surface area is 102 Å². The SMILES string of the molecule is COCc1c(CC(C)O)ccc(OC)c1OC. The molecule has 1 N–H and O–H groups in total. The third-order valence-electron chi connectivity index (χ3n) is 2.55. The molecule has 1 aromatic carbocycles. The minimum absolute atomic E-state index is 0.399. The molecule has 0 amide bonds. The van der Waals surface area contributed by atoms with Gasteiger partial charge in [0.1, 0.15) is 0 Å². The number of rotatable bonds is 6. The summed E-state index contributed by atoms with van der Waals surface area (Å²) in [6.07, 6.45) is 0.169. The molecule has 0 aliphatic rings. The summed E-state index contributed by atoms with van der Waals surface area (Å²) in [5, 5.41) is 9.48. The van der Waals surface area contributed by atoms with Gasteiger partial charge in [0, 0.05) is 12.7 Å². The summed E-state index contributed by atoms with van der Waals surface area (Å²) in [5.41, 5.74) is 1.94. The van der Waals surface area contributed by atoms with E-state index in [4.69, 9.17) is 14.2 Å². The van der Waals surface area contributed by atoms with E-state index >= 15 is 0 Å². The Balaban J connectivity index is 3.20. The molecular formula is C13H20O4. The van der Waals surface area contributed by atoms with Crippen LogP contribution in [0.4, 0.5) is 0 Å². The van der Waals surface area contributed by atoms with Gasteiger partial charge >= 0.3 is 0 Å². The Kier molecular flexibility index (Phi) is 5.25. The molecule has 0 saturated carbocycles. The van der Waals surface area contributed by atoms with Crippen LogP contribution in [0.15, 0.2) is 12.1 Å². The van der Waals surface area contributed by atoms with E-state index in [1.807, 2.05) is 12.1 Å². The van der Waals surface area contributed by atoms with Crippen LogP contribution >= 0.6 is 0 Å². The van der Waals surface area contributed by atoms with E-state index in [0.29, 0.717) is 24.5 Å². The molecule has 17 heavy (non-hydrogen) atoms. The topological polar surface area (TPSA) is 47.9 Å². The van der Waals surface area contributed by atoms with Crippen molar-refractivity contribution < 1.29 is 19.3 Å². The van der Waals surface area contributed by atoms with Gasteiger partial charge in [-0.3, -0.25) is 0 Å². The lowest BCUT2D eigenvalue weighted by atomic mass is 10.0. The summed E-state index contributed by atoms with van der Waals surface area (Å²) in [4.78, 5) is 0. The zero-order valence-electron chi connectivity index (χ0n) is 10.8. The Morgan fingerprint density at radius 3 is 2.35 bits per heavy atom. The van der Waals surface area contributed by atoms with Crippen LogP contribution in [0.5, 0.6) is 11.5 Å². The van der Waals surface area contributed by atoms with Gasteiger partial charge in [-0.25, -0.2) is 0 Å². The summed E-state index contributed by atoms with van der Waals surface area (Å²) in [6.45, 7) is 2.19. The highest BCUT2D eigenvalue weighted by Gasteiger charge is 2.15. The molecule has 1 rings (SSSR count). The lowest BCUT2D eigenvalue weighted by Gasteiger charge is -2.17. The molecule has 0 aliphatic carbocycles. The fourth-order valence-corrected chi connectivity index (χ4v) is 1.84. The van der Waals surface area contributed by atoms with Crippen LogP contribution in [0.3, 0.4) is 0 Å². The molecule has 1 aromatic rings. The molecular weight excluding hydrogens is 220 g/mol. The molecule has 4 heteroatoms. The first kappa shape index (κ1) is 13.8. The molecule has 0 aliphatic heterocycles. The Morgan fingerprint density at radius 1 is 1.18 bits per heavy atom. The second kappa shape index (κ2) is 6.47. The zero-order chi connectivity index (χ0) is 12.8. The first-order chi connectivity index (χ1) is 8.13. The second-order valence-corrected chi connectivity index (χ2v) is 3.92. The van der Waals surface area contributed by atoms with Gasteiger partial charge in [-0.1, -0.05) is 6.07 Å². The largest absolute Gasteiger partial charge is 0.493 e. The van der Waals surface area contributed by atoms with Gasteiger partial charge in [-0.2, -0.15) is 0 Å². The van der Waals surface area contributed by atoms with Crippen molar-refractivity contribution in [3.05, 3.63) is 23.3 Å². The van der Waals surface area contributed by atoms with Crippen molar-refractivity contribution in [3.63, 3.8) is 0 Å². The number of aliphatic hydroxyl groups is 1. The summed E-state index contributed by atoms with van der Waals surface area (Å²) >= 11 is 0. The third-order valence-corrected chi connectivity index (χ3v) is 2.55. The van der Waals surface area contributed by atoms with Crippen LogP contribution < -0.4 is 9.47 Å². The maximum atomic E-state index is 9.48. The van der Waals surface area contributed by atoms with Crippen molar-refractivity contribution in [2.24, 2.45) is 0 Å². The molecule has 0 bridgehead atoms. The van der Waals surface area contributed by atoms with E-state index in [2.05, 4.69) is 0 Å². The lowest BCUT2D eigenvalue weighted by molar-refractivity contribution is 0.175. The van der Waals surface area contributed by atoms with Crippen LogP contribution in [0.2, 0.25) is 0 Å². The Hall–Kier alpha value is -1.26. The second-order valence-electron chi connectivity index (χ2n) is 3.92. The molecule has 96 valence electrons. The van der Waals surface area contributed by atoms with E-state index in [1.54, 1.807) is 28.3 Å². The van der Waals surface area contributed by atoms with Crippen LogP contribution in [-0.2, 0) is 17.8 Å². The monoisotopic (exact) mass is 240 g/mol. The number of hydrogen-bond acceptors (Lipinski definition) is 4. The number of hydrogen-bond donors (Lipinski definition) is 1. The fraction of sp³-hybridized carbons (Fsp3) is 0.538. The first-order valence-electron chi connectivity index (χ1n) is 5.53. The van der Waals surface area contributed by atoms with Crippen LogP contribution in [0, 0.1) is 0 Å².